The van der Waals surface area contributed by atoms with E-state index in [9.17, 15) is 0 Å². The molecule has 2 heteroatoms. The van der Waals surface area contributed by atoms with E-state index in [0.717, 1.165) is 18.8 Å². The first-order valence-electron chi connectivity index (χ1n) is 8.35. The first-order valence-corrected chi connectivity index (χ1v) is 8.35. The highest BCUT2D eigenvalue weighted by atomic mass is 16.5. The maximum Gasteiger partial charge on any atom is 0.119 e. The molecule has 1 aliphatic rings. The van der Waals surface area contributed by atoms with E-state index < -0.39 is 0 Å². The van der Waals surface area contributed by atoms with Crippen LogP contribution in [0.5, 0.6) is 5.75 Å². The molecule has 1 atom stereocenters. The third-order valence-corrected chi connectivity index (χ3v) is 4.29. The fourth-order valence-corrected chi connectivity index (χ4v) is 3.05. The molecule has 1 aliphatic carbocycles. The third-order valence-electron chi connectivity index (χ3n) is 4.29. The Labute approximate surface area is 129 Å². The van der Waals surface area contributed by atoms with Crippen molar-refractivity contribution in [3.8, 4) is 5.75 Å². The van der Waals surface area contributed by atoms with Gasteiger partial charge in [-0.1, -0.05) is 36.6 Å². The van der Waals surface area contributed by atoms with Gasteiger partial charge in [0.2, 0.25) is 0 Å². The van der Waals surface area contributed by atoms with Gasteiger partial charge in [-0.25, -0.2) is 0 Å². The summed E-state index contributed by atoms with van der Waals surface area (Å²) in [6.07, 6.45) is 11.5. The van der Waals surface area contributed by atoms with E-state index in [1.54, 1.807) is 5.57 Å². The van der Waals surface area contributed by atoms with Crippen LogP contribution in [0.1, 0.15) is 50.5 Å². The Morgan fingerprint density at radius 1 is 1.19 bits per heavy atom. The Morgan fingerprint density at radius 3 is 2.86 bits per heavy atom. The molecule has 2 nitrogen and oxygen atoms in total. The second kappa shape index (κ2) is 8.89. The Kier molecular flexibility index (Phi) is 6.81. The molecule has 0 aromatic heterocycles. The Hall–Kier alpha value is -1.28. The average molecular weight is 287 g/mol. The molecule has 116 valence electrons. The van der Waals surface area contributed by atoms with Crippen LogP contribution in [0, 0.1) is 6.92 Å². The molecule has 0 fully saturated rings. The quantitative estimate of drug-likeness (QED) is 0.770. The lowest BCUT2D eigenvalue weighted by Crippen LogP contribution is -2.29. The Balaban J connectivity index is 1.84. The van der Waals surface area contributed by atoms with Crippen LogP contribution in [0.4, 0.5) is 0 Å². The lowest BCUT2D eigenvalue weighted by molar-refractivity contribution is 0.295. The summed E-state index contributed by atoms with van der Waals surface area (Å²) in [6.45, 7) is 2.87. The molecule has 0 saturated heterocycles. The first kappa shape index (κ1) is 16.1. The molecule has 1 aromatic rings. The fraction of sp³-hybridized carbons (Fsp3) is 0.579. The summed E-state index contributed by atoms with van der Waals surface area (Å²) in [6, 6.07) is 8.76. The van der Waals surface area contributed by atoms with Gasteiger partial charge in [0.25, 0.3) is 0 Å². The fourth-order valence-electron chi connectivity index (χ4n) is 3.05. The molecule has 21 heavy (non-hydrogen) atoms. The molecular weight excluding hydrogens is 258 g/mol. The van der Waals surface area contributed by atoms with Gasteiger partial charge in [-0.2, -0.15) is 0 Å². The van der Waals surface area contributed by atoms with Crippen LogP contribution in [0.2, 0.25) is 0 Å². The molecule has 0 spiro atoms. The maximum atomic E-state index is 5.90. The molecule has 0 bridgehead atoms. The van der Waals surface area contributed by atoms with E-state index in [1.807, 2.05) is 6.07 Å². The van der Waals surface area contributed by atoms with E-state index in [2.05, 4.69) is 43.6 Å². The summed E-state index contributed by atoms with van der Waals surface area (Å²) in [4.78, 5) is 0. The predicted molar refractivity (Wildman–Crippen MR) is 89.9 cm³/mol. The van der Waals surface area contributed by atoms with E-state index in [4.69, 9.17) is 4.74 Å². The minimum Gasteiger partial charge on any atom is -0.494 e. The highest BCUT2D eigenvalue weighted by Gasteiger charge is 2.13. The topological polar surface area (TPSA) is 21.3 Å². The van der Waals surface area contributed by atoms with E-state index >= 15 is 0 Å². The minimum absolute atomic E-state index is 0.466. The first-order chi connectivity index (χ1) is 10.3. The second-order valence-corrected chi connectivity index (χ2v) is 6.03. The van der Waals surface area contributed by atoms with E-state index in [-0.39, 0.29) is 0 Å². The van der Waals surface area contributed by atoms with Crippen LogP contribution in [0.25, 0.3) is 0 Å². The molecule has 0 amide bonds. The van der Waals surface area contributed by atoms with Gasteiger partial charge in [0.1, 0.15) is 5.75 Å². The average Bonchev–Trinajstić information content (AvgIpc) is 2.44. The number of nitrogens with one attached hydrogen (secondary N) is 1. The molecule has 2 rings (SSSR count). The van der Waals surface area contributed by atoms with Crippen LogP contribution >= 0.6 is 0 Å². The van der Waals surface area contributed by atoms with Crippen molar-refractivity contribution in [3.05, 3.63) is 41.5 Å². The molecule has 1 N–H and O–H groups in total. The van der Waals surface area contributed by atoms with Crippen molar-refractivity contribution in [3.63, 3.8) is 0 Å². The van der Waals surface area contributed by atoms with E-state index in [1.165, 1.54) is 44.1 Å². The van der Waals surface area contributed by atoms with Crippen LogP contribution in [-0.4, -0.2) is 19.7 Å². The zero-order valence-electron chi connectivity index (χ0n) is 13.5. The normalized spacial score (nSPS) is 20.0. The zero-order valence-corrected chi connectivity index (χ0v) is 13.5. The number of benzene rings is 1. The molecule has 0 aliphatic heterocycles. The molecule has 1 aromatic carbocycles. The van der Waals surface area contributed by atoms with Gasteiger partial charge in [0, 0.05) is 12.5 Å². The third kappa shape index (κ3) is 5.55. The van der Waals surface area contributed by atoms with Crippen molar-refractivity contribution in [2.45, 2.75) is 57.9 Å². The van der Waals surface area contributed by atoms with Crippen LogP contribution in [0.15, 0.2) is 35.9 Å². The second-order valence-electron chi connectivity index (χ2n) is 6.03. The number of aryl methyl sites for hydroxylation is 1. The SMILES string of the molecule is CNC(CCOc1cccc(C)c1)/C1=C/CCCCCC1. The number of hydrogen-bond acceptors (Lipinski definition) is 2. The molecule has 0 saturated carbocycles. The van der Waals surface area contributed by atoms with E-state index in [0.29, 0.717) is 6.04 Å². The van der Waals surface area contributed by atoms with Crippen LogP contribution in [0.3, 0.4) is 0 Å². The van der Waals surface area contributed by atoms with Crippen LogP contribution < -0.4 is 10.1 Å². The molecule has 1 unspecified atom stereocenters. The standard InChI is InChI=1S/C19H29NO/c1-16-9-8-12-18(15-16)21-14-13-19(20-2)17-10-6-4-3-5-7-11-17/h8-10,12,15,19-20H,3-7,11,13-14H2,1-2H3/b17-10+. The van der Waals surface area contributed by atoms with Gasteiger partial charge < -0.3 is 10.1 Å². The molecule has 0 heterocycles. The highest BCUT2D eigenvalue weighted by Crippen LogP contribution is 2.21. The summed E-state index contributed by atoms with van der Waals surface area (Å²) < 4.78 is 5.90. The highest BCUT2D eigenvalue weighted by molar-refractivity contribution is 5.27. The van der Waals surface area contributed by atoms with Gasteiger partial charge in [-0.3, -0.25) is 0 Å². The van der Waals surface area contributed by atoms with Gasteiger partial charge >= 0.3 is 0 Å². The van der Waals surface area contributed by atoms with Gasteiger partial charge in [0.05, 0.1) is 6.61 Å². The summed E-state index contributed by atoms with van der Waals surface area (Å²) in [7, 11) is 2.07. The predicted octanol–water partition coefficient (Wildman–Crippen LogP) is 4.63. The largest absolute Gasteiger partial charge is 0.494 e. The number of hydrogen-bond donors (Lipinski definition) is 1. The van der Waals surface area contributed by atoms with Gasteiger partial charge in [0.15, 0.2) is 0 Å². The summed E-state index contributed by atoms with van der Waals surface area (Å²) in [5, 5.41) is 3.47. The van der Waals surface area contributed by atoms with Crippen molar-refractivity contribution in [2.24, 2.45) is 0 Å². The zero-order chi connectivity index (χ0) is 14.9. The van der Waals surface area contributed by atoms with Gasteiger partial charge in [-0.05, 0) is 57.4 Å². The smallest absolute Gasteiger partial charge is 0.119 e. The number of rotatable bonds is 6. The summed E-state index contributed by atoms with van der Waals surface area (Å²) in [5.41, 5.74) is 2.84. The Bertz CT molecular complexity index is 453. The van der Waals surface area contributed by atoms with Gasteiger partial charge in [-0.15, -0.1) is 0 Å². The van der Waals surface area contributed by atoms with Crippen molar-refractivity contribution < 1.29 is 4.74 Å². The van der Waals surface area contributed by atoms with Crippen molar-refractivity contribution in [1.82, 2.24) is 5.32 Å². The Morgan fingerprint density at radius 2 is 2.05 bits per heavy atom. The van der Waals surface area contributed by atoms with Crippen molar-refractivity contribution >= 4 is 0 Å². The summed E-state index contributed by atoms with van der Waals surface area (Å²) in [5.74, 6) is 0.983. The maximum absolute atomic E-state index is 5.90. The van der Waals surface area contributed by atoms with Crippen molar-refractivity contribution in [1.29, 1.82) is 0 Å². The number of allylic oxidation sites excluding steroid dienone is 1. The number of ether oxygens (including phenoxy) is 1. The van der Waals surface area contributed by atoms with Crippen LogP contribution in [-0.2, 0) is 0 Å². The monoisotopic (exact) mass is 287 g/mol. The minimum atomic E-state index is 0.466. The lowest BCUT2D eigenvalue weighted by Gasteiger charge is -2.22. The number of likely N-dealkylation sites (N-methyl/N-ethyl adjacent to an activating group) is 1. The molecule has 0 radical (unpaired) electrons. The summed E-state index contributed by atoms with van der Waals surface area (Å²) >= 11 is 0. The molecular formula is C19H29NO. The van der Waals surface area contributed by atoms with Crippen molar-refractivity contribution in [2.75, 3.05) is 13.7 Å². The lowest BCUT2D eigenvalue weighted by atomic mass is 9.93.